The summed E-state index contributed by atoms with van der Waals surface area (Å²) < 4.78 is 36.3. The Hall–Kier alpha value is 1.24. The summed E-state index contributed by atoms with van der Waals surface area (Å²) in [7, 11) is 3.92. The zero-order valence-electron chi connectivity index (χ0n) is 18.6. The summed E-state index contributed by atoms with van der Waals surface area (Å²) in [6.07, 6.45) is 1.68. The Morgan fingerprint density at radius 2 is 1.71 bits per heavy atom. The number of hydrogen-bond donors (Lipinski definition) is 0. The van der Waals surface area contributed by atoms with Crippen LogP contribution in [0.3, 0.4) is 0 Å². The molecule has 8 heteroatoms. The first-order chi connectivity index (χ1) is 12.6. The van der Waals surface area contributed by atoms with E-state index in [2.05, 4.69) is 34.6 Å². The smallest absolute Gasteiger partial charge is 0.192 e. The second-order valence-electron chi connectivity index (χ2n) is 8.93. The summed E-state index contributed by atoms with van der Waals surface area (Å²) in [5.74, 6) is 1.08. The zero-order chi connectivity index (χ0) is 20.3. The predicted octanol–water partition coefficient (Wildman–Crippen LogP) is 3.88. The molecule has 0 aromatic heterocycles. The molecule has 2 fully saturated rings. The van der Waals surface area contributed by atoms with Crippen LogP contribution in [0.4, 0.5) is 0 Å². The Balaban J connectivity index is 0.00000392. The fourth-order valence-electron chi connectivity index (χ4n) is 4.28. The third-order valence-corrected chi connectivity index (χ3v) is 7.43. The summed E-state index contributed by atoms with van der Waals surface area (Å²) >= 11 is 0. The molecule has 2 rings (SSSR count). The van der Waals surface area contributed by atoms with Gasteiger partial charge in [-0.15, -0.1) is 0 Å². The molecule has 2 saturated heterocycles. The van der Waals surface area contributed by atoms with Crippen LogP contribution in [-0.2, 0) is 56.0 Å². The Labute approximate surface area is 198 Å². The molecule has 28 heavy (non-hydrogen) atoms. The fraction of sp³-hybridized carbons (Fsp3) is 1.00. The molecule has 2 aliphatic rings. The molecule has 5 nitrogen and oxygen atoms in total. The van der Waals surface area contributed by atoms with Crippen molar-refractivity contribution in [3.8, 4) is 0 Å². The van der Waals surface area contributed by atoms with Crippen molar-refractivity contribution in [2.75, 3.05) is 12.8 Å². The van der Waals surface area contributed by atoms with Crippen LogP contribution < -0.4 is 0 Å². The Kier molecular flexibility index (Phi) is 12.0. The van der Waals surface area contributed by atoms with Crippen molar-refractivity contribution < 1.29 is 56.0 Å². The third-order valence-electron chi connectivity index (χ3n) is 6.10. The van der Waals surface area contributed by atoms with Crippen LogP contribution in [0.25, 0.3) is 0 Å². The van der Waals surface area contributed by atoms with Crippen LogP contribution in [-0.4, -0.2) is 57.1 Å². The van der Waals surface area contributed by atoms with E-state index in [9.17, 15) is 4.57 Å². The summed E-state index contributed by atoms with van der Waals surface area (Å²) in [5, 5.41) is 0. The molecule has 3 radical (unpaired) electrons. The SMILES string of the molecule is [B][C@@H]1O[C@H](C(C)C)C(C[PH](=O)OCC[C@H]2O[C@@H](C)[C@@H](C)C2OC(C)C)[C@@H]1C.[Y]. The van der Waals surface area contributed by atoms with Crippen LogP contribution in [0.2, 0.25) is 0 Å². The summed E-state index contributed by atoms with van der Waals surface area (Å²) in [6, 6.07) is -0.277. The standard InChI is InChI=1S/C20H38BO5P.Y/c1-11(2)18-16(14(6)20(21)26-18)10-27(22)23-9-8-17-19(24-12(3)4)13(5)15(7)25-17;/h11-20,27H,8-10H2,1-7H3;/t13-,14+,15+,16?,17-,18-,19?,20-;/m1./s1. The van der Waals surface area contributed by atoms with Crippen molar-refractivity contribution in [2.45, 2.75) is 91.4 Å². The summed E-state index contributed by atoms with van der Waals surface area (Å²) in [5.41, 5.74) is 0. The van der Waals surface area contributed by atoms with Gasteiger partial charge in [-0.1, -0.05) is 27.7 Å². The average molecular weight is 489 g/mol. The van der Waals surface area contributed by atoms with E-state index in [1.807, 2.05) is 13.8 Å². The molecule has 9 atom stereocenters. The first-order valence-electron chi connectivity index (χ1n) is 10.5. The van der Waals surface area contributed by atoms with E-state index in [0.29, 0.717) is 31.0 Å². The third kappa shape index (κ3) is 7.14. The van der Waals surface area contributed by atoms with Gasteiger partial charge in [0.1, 0.15) is 7.85 Å². The minimum Gasteiger partial charge on any atom is -0.384 e. The van der Waals surface area contributed by atoms with Crippen LogP contribution in [0.1, 0.15) is 54.9 Å². The van der Waals surface area contributed by atoms with Gasteiger partial charge in [0.2, 0.25) is 0 Å². The maximum Gasteiger partial charge on any atom is 0.192 e. The van der Waals surface area contributed by atoms with Gasteiger partial charge >= 0.3 is 0 Å². The quantitative estimate of drug-likeness (QED) is 0.364. The van der Waals surface area contributed by atoms with Crippen molar-refractivity contribution in [1.29, 1.82) is 0 Å². The first-order valence-corrected chi connectivity index (χ1v) is 12.0. The molecule has 0 aromatic carbocycles. The van der Waals surface area contributed by atoms with Gasteiger partial charge in [-0.2, -0.15) is 0 Å². The molecule has 0 bridgehead atoms. The molecule has 0 saturated carbocycles. The molecule has 0 N–H and O–H groups in total. The van der Waals surface area contributed by atoms with Gasteiger partial charge in [-0.05, 0) is 44.9 Å². The van der Waals surface area contributed by atoms with Gasteiger partial charge in [0.15, 0.2) is 8.03 Å². The average Bonchev–Trinajstić information content (AvgIpc) is 3.00. The Morgan fingerprint density at radius 3 is 2.29 bits per heavy atom. The number of hydrogen-bond acceptors (Lipinski definition) is 5. The normalized spacial score (nSPS) is 39.5. The molecular weight excluding hydrogens is 451 g/mol. The van der Waals surface area contributed by atoms with Gasteiger partial charge < -0.3 is 18.7 Å². The largest absolute Gasteiger partial charge is 0.384 e. The molecular formula is C20H38BO5PY. The first kappa shape index (κ1) is 27.3. The van der Waals surface area contributed by atoms with Crippen molar-refractivity contribution >= 4 is 15.9 Å². The van der Waals surface area contributed by atoms with Gasteiger partial charge in [0.25, 0.3) is 0 Å². The second-order valence-corrected chi connectivity index (χ2v) is 10.4. The fourth-order valence-corrected chi connectivity index (χ4v) is 5.74. The minimum atomic E-state index is -2.13. The molecule has 2 heterocycles. The van der Waals surface area contributed by atoms with Crippen LogP contribution >= 0.6 is 8.03 Å². The maximum absolute atomic E-state index is 12.6. The number of ether oxygens (including phenoxy) is 3. The molecule has 0 amide bonds. The monoisotopic (exact) mass is 489 g/mol. The van der Waals surface area contributed by atoms with E-state index in [0.717, 1.165) is 0 Å². The predicted molar refractivity (Wildman–Crippen MR) is 110 cm³/mol. The Morgan fingerprint density at radius 1 is 1.07 bits per heavy atom. The summed E-state index contributed by atoms with van der Waals surface area (Å²) in [6.45, 7) is 15.1. The zero-order valence-corrected chi connectivity index (χ0v) is 22.4. The van der Waals surface area contributed by atoms with E-state index < -0.39 is 8.03 Å². The van der Waals surface area contributed by atoms with Crippen molar-refractivity contribution in [1.82, 2.24) is 0 Å². The minimum absolute atomic E-state index is 0. The molecule has 0 aliphatic carbocycles. The molecule has 0 aromatic rings. The van der Waals surface area contributed by atoms with E-state index in [-0.39, 0.29) is 81.1 Å². The van der Waals surface area contributed by atoms with Gasteiger partial charge in [0, 0.05) is 50.8 Å². The van der Waals surface area contributed by atoms with Crippen molar-refractivity contribution in [3.05, 3.63) is 0 Å². The van der Waals surface area contributed by atoms with Gasteiger partial charge in [-0.25, -0.2) is 0 Å². The maximum atomic E-state index is 12.6. The molecule has 3 unspecified atom stereocenters. The van der Waals surface area contributed by atoms with E-state index in [1.165, 1.54) is 0 Å². The van der Waals surface area contributed by atoms with Crippen molar-refractivity contribution in [2.24, 2.45) is 23.7 Å². The van der Waals surface area contributed by atoms with Gasteiger partial charge in [-0.3, -0.25) is 4.57 Å². The topological polar surface area (TPSA) is 54.0 Å². The van der Waals surface area contributed by atoms with E-state index >= 15 is 0 Å². The van der Waals surface area contributed by atoms with Crippen LogP contribution in [0.5, 0.6) is 0 Å². The number of rotatable bonds is 9. The van der Waals surface area contributed by atoms with E-state index in [4.69, 9.17) is 26.6 Å². The van der Waals surface area contributed by atoms with Crippen LogP contribution in [0, 0.1) is 23.7 Å². The second kappa shape index (κ2) is 12.3. The Bertz CT molecular complexity index is 495. The summed E-state index contributed by atoms with van der Waals surface area (Å²) in [4.78, 5) is 0. The van der Waals surface area contributed by atoms with Crippen molar-refractivity contribution in [3.63, 3.8) is 0 Å². The van der Waals surface area contributed by atoms with Gasteiger partial charge in [0.05, 0.1) is 37.1 Å². The van der Waals surface area contributed by atoms with Crippen LogP contribution in [0.15, 0.2) is 0 Å². The molecule has 159 valence electrons. The van der Waals surface area contributed by atoms with E-state index in [1.54, 1.807) is 0 Å². The molecule has 2 aliphatic heterocycles. The molecule has 0 spiro atoms.